The fraction of sp³-hybridized carbons (Fsp3) is 0.278. The fourth-order valence-electron chi connectivity index (χ4n) is 2.57. The van der Waals surface area contributed by atoms with E-state index in [9.17, 15) is 9.59 Å². The van der Waals surface area contributed by atoms with Gasteiger partial charge in [0.05, 0.1) is 7.11 Å². The minimum Gasteiger partial charge on any atom is -0.496 e. The van der Waals surface area contributed by atoms with Gasteiger partial charge in [-0.25, -0.2) is 4.98 Å². The van der Waals surface area contributed by atoms with Gasteiger partial charge in [-0.3, -0.25) is 9.59 Å². The molecule has 8 heteroatoms. The number of thiazole rings is 1. The van der Waals surface area contributed by atoms with Gasteiger partial charge in [0, 0.05) is 34.9 Å². The van der Waals surface area contributed by atoms with Gasteiger partial charge in [-0.2, -0.15) is 0 Å². The van der Waals surface area contributed by atoms with Crippen LogP contribution in [0.3, 0.4) is 0 Å². The number of hydrogen-bond donors (Lipinski definition) is 3. The van der Waals surface area contributed by atoms with Crippen LogP contribution >= 0.6 is 11.3 Å². The van der Waals surface area contributed by atoms with Crippen molar-refractivity contribution in [2.45, 2.75) is 19.8 Å². The second-order valence-corrected chi connectivity index (χ2v) is 7.02. The molecule has 0 atom stereocenters. The Balaban J connectivity index is 1.47. The summed E-state index contributed by atoms with van der Waals surface area (Å²) in [7, 11) is 1.60. The average Bonchev–Trinajstić information content (AvgIpc) is 3.24. The SMILES string of the molecule is COc1cccc2[nH]c(C(=O)NCCCC(=O)Nc3ncc(C)s3)cc12. The summed E-state index contributed by atoms with van der Waals surface area (Å²) in [4.78, 5) is 32.3. The van der Waals surface area contributed by atoms with Crippen molar-refractivity contribution in [3.8, 4) is 5.75 Å². The van der Waals surface area contributed by atoms with Crippen LogP contribution in [0.25, 0.3) is 10.9 Å². The van der Waals surface area contributed by atoms with Crippen LogP contribution in [0, 0.1) is 6.92 Å². The molecule has 0 radical (unpaired) electrons. The predicted molar refractivity (Wildman–Crippen MR) is 102 cm³/mol. The summed E-state index contributed by atoms with van der Waals surface area (Å²) >= 11 is 1.44. The van der Waals surface area contributed by atoms with Gasteiger partial charge in [0.15, 0.2) is 5.13 Å². The molecule has 2 amide bonds. The maximum atomic E-state index is 12.3. The summed E-state index contributed by atoms with van der Waals surface area (Å²) in [6.45, 7) is 2.35. The highest BCUT2D eigenvalue weighted by Crippen LogP contribution is 2.25. The molecule has 2 heterocycles. The number of aryl methyl sites for hydroxylation is 1. The number of ether oxygens (including phenoxy) is 1. The van der Waals surface area contributed by atoms with Gasteiger partial charge in [0.25, 0.3) is 5.91 Å². The molecule has 1 aromatic carbocycles. The van der Waals surface area contributed by atoms with Crippen molar-refractivity contribution in [2.75, 3.05) is 19.0 Å². The van der Waals surface area contributed by atoms with E-state index in [0.29, 0.717) is 36.0 Å². The Kier molecular flexibility index (Phi) is 5.52. The number of hydrogen-bond acceptors (Lipinski definition) is 5. The first kappa shape index (κ1) is 17.9. The third-order valence-corrected chi connectivity index (χ3v) is 4.65. The summed E-state index contributed by atoms with van der Waals surface area (Å²) in [5.74, 6) is 0.398. The van der Waals surface area contributed by atoms with Crippen LogP contribution < -0.4 is 15.4 Å². The first-order chi connectivity index (χ1) is 12.6. The number of amides is 2. The van der Waals surface area contributed by atoms with Gasteiger partial charge in [-0.05, 0) is 31.5 Å². The lowest BCUT2D eigenvalue weighted by Gasteiger charge is -2.04. The van der Waals surface area contributed by atoms with Gasteiger partial charge in [-0.15, -0.1) is 11.3 Å². The topological polar surface area (TPSA) is 96.1 Å². The lowest BCUT2D eigenvalue weighted by Crippen LogP contribution is -2.25. The first-order valence-electron chi connectivity index (χ1n) is 8.23. The van der Waals surface area contributed by atoms with E-state index in [2.05, 4.69) is 20.6 Å². The molecule has 136 valence electrons. The van der Waals surface area contributed by atoms with Crippen molar-refractivity contribution in [3.63, 3.8) is 0 Å². The van der Waals surface area contributed by atoms with Crippen LogP contribution in [0.1, 0.15) is 28.2 Å². The Labute approximate surface area is 154 Å². The van der Waals surface area contributed by atoms with Crippen molar-refractivity contribution in [3.05, 3.63) is 41.0 Å². The summed E-state index contributed by atoms with van der Waals surface area (Å²) in [6.07, 6.45) is 2.58. The Morgan fingerprint density at radius 2 is 2.19 bits per heavy atom. The molecule has 0 fully saturated rings. The highest BCUT2D eigenvalue weighted by atomic mass is 32.1. The highest BCUT2D eigenvalue weighted by Gasteiger charge is 2.12. The molecule has 3 N–H and O–H groups in total. The van der Waals surface area contributed by atoms with Crippen molar-refractivity contribution >= 4 is 39.2 Å². The van der Waals surface area contributed by atoms with E-state index in [1.54, 1.807) is 19.4 Å². The standard InChI is InChI=1S/C18H20N4O3S/c1-11-10-20-18(26-11)22-16(23)7-4-8-19-17(24)14-9-12-13(21-14)5-3-6-15(12)25-2/h3,5-6,9-10,21H,4,7-8H2,1-2H3,(H,19,24)(H,20,22,23). The summed E-state index contributed by atoms with van der Waals surface area (Å²) in [5.41, 5.74) is 1.31. The van der Waals surface area contributed by atoms with Gasteiger partial charge >= 0.3 is 0 Å². The van der Waals surface area contributed by atoms with Crippen LogP contribution in [-0.2, 0) is 4.79 Å². The van der Waals surface area contributed by atoms with Crippen molar-refractivity contribution in [1.29, 1.82) is 0 Å². The van der Waals surface area contributed by atoms with E-state index in [4.69, 9.17) is 4.74 Å². The third-order valence-electron chi connectivity index (χ3n) is 3.82. The molecule has 7 nitrogen and oxygen atoms in total. The molecule has 2 aromatic heterocycles. The Morgan fingerprint density at radius 3 is 2.92 bits per heavy atom. The highest BCUT2D eigenvalue weighted by molar-refractivity contribution is 7.15. The van der Waals surface area contributed by atoms with Crippen LogP contribution in [0.2, 0.25) is 0 Å². The molecule has 0 bridgehead atoms. The van der Waals surface area contributed by atoms with E-state index in [-0.39, 0.29) is 11.8 Å². The van der Waals surface area contributed by atoms with Crippen molar-refractivity contribution < 1.29 is 14.3 Å². The lowest BCUT2D eigenvalue weighted by molar-refractivity contribution is -0.116. The Bertz CT molecular complexity index is 932. The number of nitrogens with one attached hydrogen (secondary N) is 3. The fourth-order valence-corrected chi connectivity index (χ4v) is 3.25. The number of anilines is 1. The molecule has 3 rings (SSSR count). The minimum absolute atomic E-state index is 0.107. The zero-order valence-corrected chi connectivity index (χ0v) is 15.4. The number of fused-ring (bicyclic) bond motifs is 1. The molecule has 0 aliphatic heterocycles. The molecule has 0 saturated carbocycles. The van der Waals surface area contributed by atoms with Crippen molar-refractivity contribution in [1.82, 2.24) is 15.3 Å². The van der Waals surface area contributed by atoms with Crippen molar-refractivity contribution in [2.24, 2.45) is 0 Å². The first-order valence-corrected chi connectivity index (χ1v) is 9.04. The number of carbonyl (C=O) groups is 2. The minimum atomic E-state index is -0.209. The molecule has 26 heavy (non-hydrogen) atoms. The smallest absolute Gasteiger partial charge is 0.267 e. The van der Waals surface area contributed by atoms with E-state index in [1.165, 1.54) is 11.3 Å². The number of benzene rings is 1. The number of H-pyrrole nitrogens is 1. The van der Waals surface area contributed by atoms with E-state index >= 15 is 0 Å². The third kappa shape index (κ3) is 4.20. The summed E-state index contributed by atoms with van der Waals surface area (Å²) in [5, 5.41) is 7.03. The molecule has 0 aliphatic carbocycles. The zero-order valence-electron chi connectivity index (χ0n) is 14.6. The second kappa shape index (κ2) is 8.01. The molecule has 0 spiro atoms. The number of nitrogens with zero attached hydrogens (tertiary/aromatic N) is 1. The lowest BCUT2D eigenvalue weighted by atomic mass is 10.2. The van der Waals surface area contributed by atoms with Gasteiger partial charge in [0.1, 0.15) is 11.4 Å². The van der Waals surface area contributed by atoms with Gasteiger partial charge in [0.2, 0.25) is 5.91 Å². The van der Waals surface area contributed by atoms with Crippen LogP contribution in [-0.4, -0.2) is 35.4 Å². The molecule has 0 aliphatic rings. The van der Waals surface area contributed by atoms with E-state index < -0.39 is 0 Å². The van der Waals surface area contributed by atoms with Gasteiger partial charge in [-0.1, -0.05) is 6.07 Å². The average molecular weight is 372 g/mol. The number of aromatic nitrogens is 2. The second-order valence-electron chi connectivity index (χ2n) is 5.79. The summed E-state index contributed by atoms with van der Waals surface area (Å²) < 4.78 is 5.30. The zero-order chi connectivity index (χ0) is 18.5. The van der Waals surface area contributed by atoms with Gasteiger partial charge < -0.3 is 20.4 Å². The Hall–Kier alpha value is -2.87. The molecule has 3 aromatic rings. The van der Waals surface area contributed by atoms with Crippen LogP contribution in [0.5, 0.6) is 5.75 Å². The maximum Gasteiger partial charge on any atom is 0.267 e. The van der Waals surface area contributed by atoms with Crippen LogP contribution in [0.15, 0.2) is 30.5 Å². The normalized spacial score (nSPS) is 10.7. The predicted octanol–water partition coefficient (Wildman–Crippen LogP) is 3.09. The quantitative estimate of drug-likeness (QED) is 0.555. The Morgan fingerprint density at radius 1 is 1.35 bits per heavy atom. The molecule has 0 saturated heterocycles. The molecular weight excluding hydrogens is 352 g/mol. The largest absolute Gasteiger partial charge is 0.496 e. The maximum absolute atomic E-state index is 12.3. The van der Waals surface area contributed by atoms with E-state index in [1.807, 2.05) is 25.1 Å². The van der Waals surface area contributed by atoms with E-state index in [0.717, 1.165) is 15.8 Å². The number of carbonyl (C=O) groups excluding carboxylic acids is 2. The number of aromatic amines is 1. The number of rotatable bonds is 7. The molecule has 0 unspecified atom stereocenters. The molecular formula is C18H20N4O3S. The van der Waals surface area contributed by atoms with Crippen LogP contribution in [0.4, 0.5) is 5.13 Å². The monoisotopic (exact) mass is 372 g/mol. The number of methoxy groups -OCH3 is 1. The summed E-state index contributed by atoms with van der Waals surface area (Å²) in [6, 6.07) is 7.36.